The van der Waals surface area contributed by atoms with Crippen LogP contribution in [0.15, 0.2) is 53.0 Å². The molecule has 0 spiro atoms. The summed E-state index contributed by atoms with van der Waals surface area (Å²) in [6, 6.07) is 13.4. The van der Waals surface area contributed by atoms with E-state index in [1.807, 2.05) is 24.3 Å². The smallest absolute Gasteiger partial charge is 0.253 e. The number of carbonyl (C=O) groups is 3. The molecule has 2 aliphatic heterocycles. The number of nitrogens with zero attached hydrogens (tertiary/aromatic N) is 4. The molecule has 37 heavy (non-hydrogen) atoms. The van der Waals surface area contributed by atoms with Gasteiger partial charge in [0.25, 0.3) is 17.7 Å². The Bertz CT molecular complexity index is 1350. The summed E-state index contributed by atoms with van der Waals surface area (Å²) in [7, 11) is 0. The quantitative estimate of drug-likeness (QED) is 0.468. The molecule has 2 atom stereocenters. The Morgan fingerprint density at radius 3 is 2.30 bits per heavy atom. The number of benzene rings is 2. The number of hydrogen-bond acceptors (Lipinski definition) is 6. The van der Waals surface area contributed by atoms with E-state index in [0.29, 0.717) is 44.1 Å². The van der Waals surface area contributed by atoms with Crippen molar-refractivity contribution in [3.63, 3.8) is 0 Å². The van der Waals surface area contributed by atoms with Gasteiger partial charge in [0.05, 0.1) is 5.52 Å². The molecule has 10 heteroatoms. The predicted molar refractivity (Wildman–Crippen MR) is 141 cm³/mol. The minimum Gasteiger partial charge on any atom is -0.336 e. The van der Waals surface area contributed by atoms with Crippen LogP contribution in [0.25, 0.3) is 10.9 Å². The molecule has 0 bridgehead atoms. The van der Waals surface area contributed by atoms with Crippen LogP contribution in [0.5, 0.6) is 0 Å². The molecule has 0 aliphatic carbocycles. The number of rotatable bonds is 5. The highest BCUT2D eigenvalue weighted by Gasteiger charge is 2.43. The highest BCUT2D eigenvalue weighted by molar-refractivity contribution is 9.10. The van der Waals surface area contributed by atoms with Gasteiger partial charge in [-0.3, -0.25) is 24.7 Å². The predicted octanol–water partition coefficient (Wildman–Crippen LogP) is 4.06. The van der Waals surface area contributed by atoms with E-state index in [-0.39, 0.29) is 35.4 Å². The summed E-state index contributed by atoms with van der Waals surface area (Å²) in [5.41, 5.74) is 5.16. The molecule has 2 fully saturated rings. The Balaban J connectivity index is 1.33. The molecule has 0 radical (unpaired) electrons. The highest BCUT2D eigenvalue weighted by atomic mass is 79.9. The number of fused-ring (bicyclic) bond motifs is 1. The average Bonchev–Trinajstić information content (AvgIpc) is 3.07. The van der Waals surface area contributed by atoms with E-state index in [9.17, 15) is 18.8 Å². The van der Waals surface area contributed by atoms with Crippen molar-refractivity contribution in [1.29, 1.82) is 0 Å². The topological polar surface area (TPSA) is 85.8 Å². The fourth-order valence-corrected chi connectivity index (χ4v) is 5.10. The van der Waals surface area contributed by atoms with Gasteiger partial charge >= 0.3 is 0 Å². The van der Waals surface area contributed by atoms with Crippen molar-refractivity contribution in [3.05, 3.63) is 69.9 Å². The van der Waals surface area contributed by atoms with Crippen LogP contribution >= 0.6 is 15.9 Å². The van der Waals surface area contributed by atoms with Gasteiger partial charge in [0.15, 0.2) is 0 Å². The van der Waals surface area contributed by atoms with Gasteiger partial charge in [-0.05, 0) is 48.0 Å². The van der Waals surface area contributed by atoms with E-state index in [2.05, 4.69) is 31.2 Å². The maximum Gasteiger partial charge on any atom is 0.253 e. The molecule has 192 valence electrons. The van der Waals surface area contributed by atoms with Crippen molar-refractivity contribution in [2.24, 2.45) is 11.8 Å². The third-order valence-corrected chi connectivity index (χ3v) is 7.69. The molecule has 0 saturated carbocycles. The summed E-state index contributed by atoms with van der Waals surface area (Å²) >= 11 is 3.50. The number of hydrazine groups is 1. The van der Waals surface area contributed by atoms with Crippen molar-refractivity contribution < 1.29 is 18.8 Å². The first-order valence-corrected chi connectivity index (χ1v) is 13.0. The summed E-state index contributed by atoms with van der Waals surface area (Å²) < 4.78 is 14.1. The number of piperazine rings is 1. The molecule has 3 aromatic rings. The fourth-order valence-electron chi connectivity index (χ4n) is 4.76. The van der Waals surface area contributed by atoms with Gasteiger partial charge in [-0.2, -0.15) is 5.01 Å². The Labute approximate surface area is 222 Å². The Hall–Kier alpha value is -3.37. The number of anilines is 1. The number of imide groups is 1. The van der Waals surface area contributed by atoms with Crippen molar-refractivity contribution in [1.82, 2.24) is 19.8 Å². The number of aromatic nitrogens is 1. The Morgan fingerprint density at radius 2 is 1.65 bits per heavy atom. The van der Waals surface area contributed by atoms with E-state index >= 15 is 0 Å². The summed E-state index contributed by atoms with van der Waals surface area (Å²) in [4.78, 5) is 46.7. The first kappa shape index (κ1) is 25.3. The lowest BCUT2D eigenvalue weighted by atomic mass is 10.00. The molecule has 2 aliphatic rings. The van der Waals surface area contributed by atoms with Crippen LogP contribution < -0.4 is 5.43 Å². The van der Waals surface area contributed by atoms with E-state index in [1.54, 1.807) is 18.7 Å². The summed E-state index contributed by atoms with van der Waals surface area (Å²) in [5.74, 6) is -1.35. The molecular formula is C27H27BrFN5O3. The monoisotopic (exact) mass is 567 g/mol. The maximum atomic E-state index is 13.2. The van der Waals surface area contributed by atoms with Crippen LogP contribution in [0.3, 0.4) is 0 Å². The van der Waals surface area contributed by atoms with Crippen molar-refractivity contribution in [2.45, 2.75) is 20.4 Å². The SMILES string of the molecule is CC1C(=O)N(Nc2cc(CN3CCN(C(=O)c4ccc(F)cc4)CC3)c3ccc(Br)cc3n2)C(=O)C1C. The minimum absolute atomic E-state index is 0.103. The van der Waals surface area contributed by atoms with Gasteiger partial charge in [0.1, 0.15) is 11.6 Å². The molecule has 5 rings (SSSR count). The number of carbonyl (C=O) groups excluding carboxylic acids is 3. The zero-order chi connectivity index (χ0) is 26.3. The molecular weight excluding hydrogens is 541 g/mol. The molecule has 2 saturated heterocycles. The second-order valence-corrected chi connectivity index (χ2v) is 10.5. The summed E-state index contributed by atoms with van der Waals surface area (Å²) in [6.45, 7) is 6.59. The normalized spacial score (nSPS) is 20.6. The zero-order valence-corrected chi connectivity index (χ0v) is 22.2. The number of nitrogens with one attached hydrogen (secondary N) is 1. The summed E-state index contributed by atoms with van der Waals surface area (Å²) in [5, 5.41) is 2.05. The number of hydrogen-bond donors (Lipinski definition) is 1. The van der Waals surface area contributed by atoms with Crippen LogP contribution in [0, 0.1) is 17.7 Å². The lowest BCUT2D eigenvalue weighted by Gasteiger charge is -2.35. The van der Waals surface area contributed by atoms with Crippen molar-refractivity contribution >= 4 is 50.4 Å². The van der Waals surface area contributed by atoms with Gasteiger partial charge in [-0.15, -0.1) is 0 Å². The minimum atomic E-state index is -0.386. The van der Waals surface area contributed by atoms with Crippen LogP contribution in [-0.4, -0.2) is 63.7 Å². The second-order valence-electron chi connectivity index (χ2n) is 9.60. The van der Waals surface area contributed by atoms with Crippen molar-refractivity contribution in [2.75, 3.05) is 31.6 Å². The first-order chi connectivity index (χ1) is 17.7. The van der Waals surface area contributed by atoms with Gasteiger partial charge in [0, 0.05) is 60.0 Å². The van der Waals surface area contributed by atoms with Crippen LogP contribution in [0.2, 0.25) is 0 Å². The summed E-state index contributed by atoms with van der Waals surface area (Å²) in [6.07, 6.45) is 0. The van der Waals surface area contributed by atoms with Gasteiger partial charge < -0.3 is 4.90 Å². The molecule has 3 amide bonds. The maximum absolute atomic E-state index is 13.2. The number of pyridine rings is 1. The van der Waals surface area contributed by atoms with Gasteiger partial charge in [-0.25, -0.2) is 9.37 Å². The lowest BCUT2D eigenvalue weighted by molar-refractivity contribution is -0.138. The Morgan fingerprint density at radius 1 is 1.00 bits per heavy atom. The molecule has 1 aromatic heterocycles. The molecule has 1 N–H and O–H groups in total. The lowest BCUT2D eigenvalue weighted by Crippen LogP contribution is -2.48. The zero-order valence-electron chi connectivity index (χ0n) is 20.6. The molecule has 2 unspecified atom stereocenters. The van der Waals surface area contributed by atoms with Gasteiger partial charge in [0.2, 0.25) is 0 Å². The third-order valence-electron chi connectivity index (χ3n) is 7.20. The second kappa shape index (κ2) is 10.2. The standard InChI is InChI=1S/C27H27BrFN5O3/c1-16-17(2)26(36)34(25(16)35)31-24-13-19(22-8-5-20(28)14-23(22)30-24)15-32-9-11-33(12-10-32)27(37)18-3-6-21(29)7-4-18/h3-8,13-14,16-17H,9-12,15H2,1-2H3,(H,30,31). The molecule has 3 heterocycles. The Kier molecular flexibility index (Phi) is 6.96. The van der Waals surface area contributed by atoms with E-state index in [4.69, 9.17) is 0 Å². The fraction of sp³-hybridized carbons (Fsp3) is 0.333. The van der Waals surface area contributed by atoms with Crippen LogP contribution in [-0.2, 0) is 16.1 Å². The van der Waals surface area contributed by atoms with Gasteiger partial charge in [-0.1, -0.05) is 35.8 Å². The highest BCUT2D eigenvalue weighted by Crippen LogP contribution is 2.29. The van der Waals surface area contributed by atoms with E-state index in [1.165, 1.54) is 24.3 Å². The van der Waals surface area contributed by atoms with E-state index in [0.717, 1.165) is 25.9 Å². The molecule has 2 aromatic carbocycles. The molecule has 8 nitrogen and oxygen atoms in total. The first-order valence-electron chi connectivity index (χ1n) is 12.2. The third kappa shape index (κ3) is 5.08. The number of halogens is 2. The van der Waals surface area contributed by atoms with E-state index < -0.39 is 0 Å². The largest absolute Gasteiger partial charge is 0.336 e. The average molecular weight is 568 g/mol. The van der Waals surface area contributed by atoms with Crippen molar-refractivity contribution in [3.8, 4) is 0 Å². The van der Waals surface area contributed by atoms with Crippen LogP contribution in [0.4, 0.5) is 10.2 Å². The number of amides is 3. The van der Waals surface area contributed by atoms with Crippen LogP contribution in [0.1, 0.15) is 29.8 Å².